The van der Waals surface area contributed by atoms with Crippen LogP contribution in [0.4, 0.5) is 0 Å². The normalized spacial score (nSPS) is 11.1. The Bertz CT molecular complexity index is 1290. The number of hydrogen-bond acceptors (Lipinski definition) is 7. The molecule has 0 fully saturated rings. The lowest BCUT2D eigenvalue weighted by atomic mass is 10.1. The molecule has 0 aliphatic carbocycles. The number of ketones is 1. The Hall–Kier alpha value is -3.88. The van der Waals surface area contributed by atoms with Gasteiger partial charge in [0.25, 0.3) is 5.56 Å². The molecule has 0 N–H and O–H groups in total. The molecule has 9 nitrogen and oxygen atoms in total. The van der Waals surface area contributed by atoms with Gasteiger partial charge in [-0.2, -0.15) is 5.10 Å². The number of Topliss-reactive ketones (excluding diaryl/α,β-unsaturated/α-hetero) is 1. The van der Waals surface area contributed by atoms with Gasteiger partial charge in [-0.3, -0.25) is 14.2 Å². The number of carbonyl (C=O) groups excluding carboxylic acids is 2. The van der Waals surface area contributed by atoms with Crippen LogP contribution in [-0.4, -0.2) is 42.7 Å². The van der Waals surface area contributed by atoms with Gasteiger partial charge in [-0.1, -0.05) is 0 Å². The first-order valence-electron chi connectivity index (χ1n) is 8.55. The molecule has 0 atom stereocenters. The number of benzene rings is 1. The maximum atomic E-state index is 12.9. The molecule has 0 spiro atoms. The van der Waals surface area contributed by atoms with Gasteiger partial charge in [0.05, 0.1) is 12.8 Å². The first-order valence-corrected chi connectivity index (χ1v) is 8.55. The summed E-state index contributed by atoms with van der Waals surface area (Å²) in [6.07, 6.45) is 2.92. The van der Waals surface area contributed by atoms with Gasteiger partial charge in [0.15, 0.2) is 16.9 Å². The van der Waals surface area contributed by atoms with Crippen LogP contribution in [0, 0.1) is 0 Å². The summed E-state index contributed by atoms with van der Waals surface area (Å²) in [5.74, 6) is -0.605. The summed E-state index contributed by atoms with van der Waals surface area (Å²) >= 11 is 0. The van der Waals surface area contributed by atoms with Crippen molar-refractivity contribution in [2.24, 2.45) is 0 Å². The molecular weight excluding hydrogens is 362 g/mol. The summed E-state index contributed by atoms with van der Waals surface area (Å²) in [5, 5.41) is 12.2. The molecule has 4 aromatic rings. The van der Waals surface area contributed by atoms with E-state index in [2.05, 4.69) is 15.3 Å². The average Bonchev–Trinajstić information content (AvgIpc) is 3.13. The van der Waals surface area contributed by atoms with Crippen molar-refractivity contribution in [1.82, 2.24) is 24.4 Å². The minimum absolute atomic E-state index is 0.0539. The van der Waals surface area contributed by atoms with E-state index >= 15 is 0 Å². The molecule has 0 unspecified atom stereocenters. The molecule has 1 aromatic carbocycles. The summed E-state index contributed by atoms with van der Waals surface area (Å²) in [6, 6.07) is 8.34. The Kier molecular flexibility index (Phi) is 4.19. The van der Waals surface area contributed by atoms with Gasteiger partial charge in [0.2, 0.25) is 0 Å². The quantitative estimate of drug-likeness (QED) is 0.394. The number of nitrogens with zero attached hydrogens (tertiary/aromatic N) is 5. The zero-order chi connectivity index (χ0) is 19.8. The highest BCUT2D eigenvalue weighted by molar-refractivity contribution is 5.96. The Labute approximate surface area is 158 Å². The van der Waals surface area contributed by atoms with E-state index in [-0.39, 0.29) is 29.1 Å². The molecular formula is C19H15N5O4. The summed E-state index contributed by atoms with van der Waals surface area (Å²) in [4.78, 5) is 36.3. The minimum Gasteiger partial charge on any atom is -0.462 e. The molecule has 0 aliphatic rings. The van der Waals surface area contributed by atoms with E-state index in [4.69, 9.17) is 4.74 Å². The number of fused-ring (bicyclic) bond motifs is 3. The van der Waals surface area contributed by atoms with E-state index in [1.165, 1.54) is 22.2 Å². The molecule has 0 saturated heterocycles. The lowest BCUT2D eigenvalue weighted by Crippen LogP contribution is -2.20. The van der Waals surface area contributed by atoms with Gasteiger partial charge in [-0.15, -0.1) is 10.2 Å². The Morgan fingerprint density at radius 1 is 1.11 bits per heavy atom. The molecule has 9 heteroatoms. The number of hydrogen-bond donors (Lipinski definition) is 0. The van der Waals surface area contributed by atoms with Crippen molar-refractivity contribution >= 4 is 28.4 Å². The van der Waals surface area contributed by atoms with Crippen LogP contribution >= 0.6 is 0 Å². The first-order chi connectivity index (χ1) is 13.5. The Morgan fingerprint density at radius 3 is 2.54 bits per heavy atom. The van der Waals surface area contributed by atoms with Gasteiger partial charge in [0.1, 0.15) is 11.1 Å². The van der Waals surface area contributed by atoms with Crippen LogP contribution in [0.15, 0.2) is 47.5 Å². The predicted octanol–water partition coefficient (Wildman–Crippen LogP) is 1.81. The third kappa shape index (κ3) is 2.73. The number of esters is 1. The monoisotopic (exact) mass is 377 g/mol. The third-order valence-electron chi connectivity index (χ3n) is 4.31. The van der Waals surface area contributed by atoms with Crippen molar-refractivity contribution < 1.29 is 14.3 Å². The van der Waals surface area contributed by atoms with Gasteiger partial charge < -0.3 is 4.74 Å². The molecule has 140 valence electrons. The number of ether oxygens (including phenoxy) is 1. The zero-order valence-electron chi connectivity index (χ0n) is 15.1. The van der Waals surface area contributed by atoms with Crippen LogP contribution < -0.4 is 5.56 Å². The largest absolute Gasteiger partial charge is 0.462 e. The van der Waals surface area contributed by atoms with E-state index in [0.717, 1.165) is 0 Å². The highest BCUT2D eigenvalue weighted by Crippen LogP contribution is 2.15. The van der Waals surface area contributed by atoms with Gasteiger partial charge in [-0.25, -0.2) is 9.31 Å². The van der Waals surface area contributed by atoms with Crippen LogP contribution in [-0.2, 0) is 4.74 Å². The molecule has 0 amide bonds. The molecule has 4 rings (SSSR count). The van der Waals surface area contributed by atoms with Crippen LogP contribution in [0.2, 0.25) is 0 Å². The summed E-state index contributed by atoms with van der Waals surface area (Å²) in [6.45, 7) is 3.41. The second-order valence-electron chi connectivity index (χ2n) is 6.04. The van der Waals surface area contributed by atoms with E-state index < -0.39 is 11.5 Å². The standard InChI is InChI=1S/C19H15N5O4/c1-3-28-19(27)14-10-20-24-15-8-9-23(18(26)16(15)21-22-17(14)24)13-6-4-12(5-7-13)11(2)25/h4-10H,3H2,1-2H3. The number of carbonyl (C=O) groups is 2. The molecule has 0 bridgehead atoms. The molecule has 0 aliphatic heterocycles. The van der Waals surface area contributed by atoms with Crippen molar-refractivity contribution in [1.29, 1.82) is 0 Å². The second kappa shape index (κ2) is 6.69. The molecule has 3 aromatic heterocycles. The van der Waals surface area contributed by atoms with Crippen molar-refractivity contribution in [2.45, 2.75) is 13.8 Å². The molecule has 28 heavy (non-hydrogen) atoms. The topological polar surface area (TPSA) is 108 Å². The fraction of sp³-hybridized carbons (Fsp3) is 0.158. The highest BCUT2D eigenvalue weighted by Gasteiger charge is 2.18. The average molecular weight is 377 g/mol. The van der Waals surface area contributed by atoms with Crippen LogP contribution in [0.1, 0.15) is 34.6 Å². The van der Waals surface area contributed by atoms with E-state index in [1.807, 2.05) is 0 Å². The number of pyridine rings is 1. The van der Waals surface area contributed by atoms with Gasteiger partial charge in [0, 0.05) is 17.4 Å². The fourth-order valence-corrected chi connectivity index (χ4v) is 2.91. The molecule has 0 radical (unpaired) electrons. The maximum Gasteiger partial charge on any atom is 0.343 e. The third-order valence-corrected chi connectivity index (χ3v) is 4.31. The predicted molar refractivity (Wildman–Crippen MR) is 99.8 cm³/mol. The zero-order valence-corrected chi connectivity index (χ0v) is 15.1. The maximum absolute atomic E-state index is 12.9. The van der Waals surface area contributed by atoms with Crippen LogP contribution in [0.25, 0.3) is 22.4 Å². The van der Waals surface area contributed by atoms with Gasteiger partial charge >= 0.3 is 5.97 Å². The second-order valence-corrected chi connectivity index (χ2v) is 6.04. The SMILES string of the molecule is CCOC(=O)c1cnn2c1nnc1c(=O)n(-c3ccc(C(C)=O)cc3)ccc12. The Morgan fingerprint density at radius 2 is 1.86 bits per heavy atom. The van der Waals surface area contributed by atoms with Crippen molar-refractivity contribution in [3.05, 3.63) is 64.2 Å². The van der Waals surface area contributed by atoms with Crippen molar-refractivity contribution in [3.8, 4) is 5.69 Å². The first kappa shape index (κ1) is 17.5. The molecule has 0 saturated carbocycles. The van der Waals surface area contributed by atoms with E-state index in [1.54, 1.807) is 43.5 Å². The molecule has 3 heterocycles. The minimum atomic E-state index is -0.551. The van der Waals surface area contributed by atoms with E-state index in [9.17, 15) is 14.4 Å². The Balaban J connectivity index is 1.86. The van der Waals surface area contributed by atoms with Crippen LogP contribution in [0.3, 0.4) is 0 Å². The summed E-state index contributed by atoms with van der Waals surface area (Å²) < 4.78 is 7.78. The van der Waals surface area contributed by atoms with Gasteiger partial charge in [-0.05, 0) is 44.2 Å². The lowest BCUT2D eigenvalue weighted by molar-refractivity contribution is 0.0528. The number of rotatable bonds is 4. The highest BCUT2D eigenvalue weighted by atomic mass is 16.5. The lowest BCUT2D eigenvalue weighted by Gasteiger charge is -2.08. The van der Waals surface area contributed by atoms with Crippen molar-refractivity contribution in [3.63, 3.8) is 0 Å². The fourth-order valence-electron chi connectivity index (χ4n) is 2.91. The summed E-state index contributed by atoms with van der Waals surface area (Å²) in [5.41, 5.74) is 1.67. The summed E-state index contributed by atoms with van der Waals surface area (Å²) in [7, 11) is 0. The smallest absolute Gasteiger partial charge is 0.343 e. The number of aromatic nitrogens is 5. The van der Waals surface area contributed by atoms with Crippen LogP contribution in [0.5, 0.6) is 0 Å². The van der Waals surface area contributed by atoms with Crippen molar-refractivity contribution in [2.75, 3.05) is 6.61 Å². The van der Waals surface area contributed by atoms with E-state index in [0.29, 0.717) is 16.8 Å².